The van der Waals surface area contributed by atoms with E-state index in [0.717, 1.165) is 10.2 Å². The second-order valence-electron chi connectivity index (χ2n) is 4.95. The van der Waals surface area contributed by atoms with E-state index in [0.29, 0.717) is 25.7 Å². The van der Waals surface area contributed by atoms with E-state index >= 15 is 0 Å². The highest BCUT2D eigenvalue weighted by Crippen LogP contribution is 2.23. The van der Waals surface area contributed by atoms with Crippen molar-refractivity contribution < 1.29 is 9.84 Å². The molecule has 0 aliphatic rings. The van der Waals surface area contributed by atoms with Gasteiger partial charge in [0.1, 0.15) is 0 Å². The minimum atomic E-state index is -0.489. The Kier molecular flexibility index (Phi) is 6.68. The van der Waals surface area contributed by atoms with E-state index < -0.39 is 6.10 Å². The Labute approximate surface area is 118 Å². The van der Waals surface area contributed by atoms with Gasteiger partial charge in [0.2, 0.25) is 0 Å². The number of nitrogens with one attached hydrogen (secondary N) is 1. The molecule has 0 saturated heterocycles. The van der Waals surface area contributed by atoms with Gasteiger partial charge in [-0.15, -0.1) is 0 Å². The minimum absolute atomic E-state index is 0.370. The van der Waals surface area contributed by atoms with Gasteiger partial charge in [0.05, 0.1) is 12.7 Å². The zero-order valence-corrected chi connectivity index (χ0v) is 12.8. The summed E-state index contributed by atoms with van der Waals surface area (Å²) >= 11 is 3.49. The molecule has 3 nitrogen and oxygen atoms in total. The number of aliphatic hydroxyl groups is 1. The van der Waals surface area contributed by atoms with Crippen LogP contribution in [0.5, 0.6) is 0 Å². The van der Waals surface area contributed by atoms with Crippen LogP contribution in [-0.4, -0.2) is 31.0 Å². The number of ether oxygens (including phenoxy) is 1. The Hall–Kier alpha value is -0.580. The molecule has 4 heteroatoms. The lowest BCUT2D eigenvalue weighted by atomic mass is 10.2. The fourth-order valence-corrected chi connectivity index (χ4v) is 2.12. The fraction of sp³-hybridized carbons (Fsp3) is 0.571. The summed E-state index contributed by atoms with van der Waals surface area (Å²) in [6.07, 6.45) is -0.489. The Balaban J connectivity index is 2.31. The first kappa shape index (κ1) is 15.5. The van der Waals surface area contributed by atoms with E-state index in [2.05, 4.69) is 35.1 Å². The average molecular weight is 316 g/mol. The summed E-state index contributed by atoms with van der Waals surface area (Å²) in [6, 6.07) is 6.08. The van der Waals surface area contributed by atoms with Crippen molar-refractivity contribution in [1.29, 1.82) is 0 Å². The zero-order valence-electron chi connectivity index (χ0n) is 11.2. The number of benzene rings is 1. The molecule has 0 fully saturated rings. The number of hydrogen-bond donors (Lipinski definition) is 2. The largest absolute Gasteiger partial charge is 0.389 e. The normalized spacial score (nSPS) is 12.8. The standard InChI is InChI=1S/C14H22BrNO2/c1-10(2)8-18-9-12(17)7-16-14-5-4-11(3)6-13(14)15/h4-6,10,12,16-17H,7-9H2,1-3H3. The lowest BCUT2D eigenvalue weighted by Crippen LogP contribution is -2.25. The third kappa shape index (κ3) is 5.85. The van der Waals surface area contributed by atoms with Crippen LogP contribution >= 0.6 is 15.9 Å². The molecule has 1 aromatic rings. The number of anilines is 1. The van der Waals surface area contributed by atoms with Gasteiger partial charge in [0, 0.05) is 23.3 Å². The second kappa shape index (κ2) is 7.77. The van der Waals surface area contributed by atoms with Crippen molar-refractivity contribution in [2.45, 2.75) is 26.9 Å². The molecule has 18 heavy (non-hydrogen) atoms. The van der Waals surface area contributed by atoms with Gasteiger partial charge < -0.3 is 15.2 Å². The maximum absolute atomic E-state index is 9.77. The summed E-state index contributed by atoms with van der Waals surface area (Å²) in [5, 5.41) is 13.0. The van der Waals surface area contributed by atoms with Crippen LogP contribution in [0, 0.1) is 12.8 Å². The molecule has 102 valence electrons. The van der Waals surface area contributed by atoms with Crippen molar-refractivity contribution in [3.8, 4) is 0 Å². The van der Waals surface area contributed by atoms with E-state index in [4.69, 9.17) is 4.74 Å². The van der Waals surface area contributed by atoms with Gasteiger partial charge in [-0.2, -0.15) is 0 Å². The maximum atomic E-state index is 9.77. The van der Waals surface area contributed by atoms with Gasteiger partial charge in [-0.3, -0.25) is 0 Å². The third-order valence-corrected chi connectivity index (χ3v) is 3.07. The summed E-state index contributed by atoms with van der Waals surface area (Å²) in [7, 11) is 0. The molecule has 0 aromatic heterocycles. The van der Waals surface area contributed by atoms with Crippen LogP contribution in [0.25, 0.3) is 0 Å². The molecule has 0 saturated carbocycles. The van der Waals surface area contributed by atoms with Crippen molar-refractivity contribution in [2.75, 3.05) is 25.1 Å². The first-order valence-electron chi connectivity index (χ1n) is 6.25. The monoisotopic (exact) mass is 315 g/mol. The summed E-state index contributed by atoms with van der Waals surface area (Å²) in [5.74, 6) is 0.497. The highest BCUT2D eigenvalue weighted by Gasteiger charge is 2.06. The molecular weight excluding hydrogens is 294 g/mol. The summed E-state index contributed by atoms with van der Waals surface area (Å²) < 4.78 is 6.40. The minimum Gasteiger partial charge on any atom is -0.389 e. The molecule has 0 amide bonds. The summed E-state index contributed by atoms with van der Waals surface area (Å²) in [5.41, 5.74) is 2.19. The first-order chi connectivity index (χ1) is 8.49. The molecule has 2 N–H and O–H groups in total. The van der Waals surface area contributed by atoms with E-state index in [-0.39, 0.29) is 0 Å². The highest BCUT2D eigenvalue weighted by atomic mass is 79.9. The molecule has 1 atom stereocenters. The molecule has 0 spiro atoms. The van der Waals surface area contributed by atoms with Crippen LogP contribution in [0.2, 0.25) is 0 Å². The van der Waals surface area contributed by atoms with Crippen LogP contribution in [0.3, 0.4) is 0 Å². The molecular formula is C14H22BrNO2. The zero-order chi connectivity index (χ0) is 13.5. The Morgan fingerprint density at radius 2 is 2.06 bits per heavy atom. The lowest BCUT2D eigenvalue weighted by Gasteiger charge is -2.15. The number of halogens is 1. The molecule has 0 bridgehead atoms. The first-order valence-corrected chi connectivity index (χ1v) is 7.04. The summed E-state index contributed by atoms with van der Waals surface area (Å²) in [4.78, 5) is 0. The smallest absolute Gasteiger partial charge is 0.0945 e. The quantitative estimate of drug-likeness (QED) is 0.812. The Morgan fingerprint density at radius 3 is 2.67 bits per heavy atom. The molecule has 0 aliphatic heterocycles. The molecule has 1 unspecified atom stereocenters. The number of rotatable bonds is 7. The topological polar surface area (TPSA) is 41.5 Å². The maximum Gasteiger partial charge on any atom is 0.0945 e. The third-order valence-electron chi connectivity index (χ3n) is 2.41. The Morgan fingerprint density at radius 1 is 1.33 bits per heavy atom. The van der Waals surface area contributed by atoms with Crippen molar-refractivity contribution >= 4 is 21.6 Å². The fourth-order valence-electron chi connectivity index (χ4n) is 1.49. The lowest BCUT2D eigenvalue weighted by molar-refractivity contribution is 0.0318. The van der Waals surface area contributed by atoms with Crippen LogP contribution in [0.4, 0.5) is 5.69 Å². The number of aryl methyl sites for hydroxylation is 1. The molecule has 1 aromatic carbocycles. The van der Waals surface area contributed by atoms with Crippen molar-refractivity contribution in [1.82, 2.24) is 0 Å². The van der Waals surface area contributed by atoms with Crippen LogP contribution in [-0.2, 0) is 4.74 Å². The predicted molar refractivity (Wildman–Crippen MR) is 79.0 cm³/mol. The van der Waals surface area contributed by atoms with Gasteiger partial charge >= 0.3 is 0 Å². The van der Waals surface area contributed by atoms with Gasteiger partial charge in [-0.05, 0) is 46.5 Å². The van der Waals surface area contributed by atoms with Crippen molar-refractivity contribution in [3.63, 3.8) is 0 Å². The van der Waals surface area contributed by atoms with Crippen molar-refractivity contribution in [3.05, 3.63) is 28.2 Å². The van der Waals surface area contributed by atoms with E-state index in [1.54, 1.807) is 0 Å². The van der Waals surface area contributed by atoms with E-state index in [1.165, 1.54) is 5.56 Å². The predicted octanol–water partition coefficient (Wildman–Crippen LogP) is 3.20. The molecule has 1 rings (SSSR count). The van der Waals surface area contributed by atoms with E-state index in [1.807, 2.05) is 25.1 Å². The molecule has 0 heterocycles. The Bertz CT molecular complexity index is 369. The molecule has 0 aliphatic carbocycles. The van der Waals surface area contributed by atoms with Gasteiger partial charge in [-0.1, -0.05) is 19.9 Å². The number of aliphatic hydroxyl groups excluding tert-OH is 1. The highest BCUT2D eigenvalue weighted by molar-refractivity contribution is 9.10. The van der Waals surface area contributed by atoms with Gasteiger partial charge in [0.25, 0.3) is 0 Å². The summed E-state index contributed by atoms with van der Waals surface area (Å²) in [6.45, 7) is 7.77. The van der Waals surface area contributed by atoms with Crippen LogP contribution in [0.15, 0.2) is 22.7 Å². The SMILES string of the molecule is Cc1ccc(NCC(O)COCC(C)C)c(Br)c1. The van der Waals surface area contributed by atoms with Gasteiger partial charge in [-0.25, -0.2) is 0 Å². The second-order valence-corrected chi connectivity index (χ2v) is 5.80. The molecule has 0 radical (unpaired) electrons. The van der Waals surface area contributed by atoms with Crippen molar-refractivity contribution in [2.24, 2.45) is 5.92 Å². The average Bonchev–Trinajstić information content (AvgIpc) is 2.27. The van der Waals surface area contributed by atoms with Crippen LogP contribution in [0.1, 0.15) is 19.4 Å². The van der Waals surface area contributed by atoms with E-state index in [9.17, 15) is 5.11 Å². The van der Waals surface area contributed by atoms with Crippen LogP contribution < -0.4 is 5.32 Å². The number of hydrogen-bond acceptors (Lipinski definition) is 3. The van der Waals surface area contributed by atoms with Gasteiger partial charge in [0.15, 0.2) is 0 Å².